The Hall–Kier alpha value is -2.79. The van der Waals surface area contributed by atoms with Crippen LogP contribution in [0.2, 0.25) is 0 Å². The number of carboxylic acids is 1. The number of halogens is 1. The van der Waals surface area contributed by atoms with Crippen LogP contribution in [0, 0.1) is 5.41 Å². The zero-order chi connectivity index (χ0) is 22.9. The Morgan fingerprint density at radius 3 is 2.53 bits per heavy atom. The first-order valence-corrected chi connectivity index (χ1v) is 11.9. The number of carbonyl (C=O) groups is 2. The minimum atomic E-state index is -0.749. The van der Waals surface area contributed by atoms with Crippen molar-refractivity contribution in [2.45, 2.75) is 26.7 Å². The molecule has 9 nitrogen and oxygen atoms in total. The number of anilines is 2. The summed E-state index contributed by atoms with van der Waals surface area (Å²) in [5.41, 5.74) is 1.83. The number of rotatable bonds is 5. The number of amides is 2. The van der Waals surface area contributed by atoms with Crippen LogP contribution >= 0.6 is 27.3 Å². The zero-order valence-corrected chi connectivity index (χ0v) is 20.1. The van der Waals surface area contributed by atoms with Crippen LogP contribution in [0.4, 0.5) is 15.9 Å². The molecule has 3 aromatic rings. The van der Waals surface area contributed by atoms with Crippen LogP contribution in [-0.2, 0) is 4.79 Å². The molecule has 2 amide bonds. The summed E-state index contributed by atoms with van der Waals surface area (Å²) < 4.78 is 1.81. The first kappa shape index (κ1) is 22.4. The maximum absolute atomic E-state index is 11.8. The Kier molecular flexibility index (Phi) is 6.29. The molecule has 1 fully saturated rings. The molecule has 0 aliphatic carbocycles. The normalized spacial score (nSPS) is 15.5. The first-order chi connectivity index (χ1) is 15.3. The van der Waals surface area contributed by atoms with E-state index in [1.165, 1.54) is 11.3 Å². The third kappa shape index (κ3) is 4.53. The van der Waals surface area contributed by atoms with Crippen LogP contribution in [0.1, 0.15) is 26.7 Å². The second-order valence-electron chi connectivity index (χ2n) is 7.93. The van der Waals surface area contributed by atoms with Gasteiger partial charge >= 0.3 is 12.0 Å². The maximum Gasteiger partial charge on any atom is 0.321 e. The fourth-order valence-corrected chi connectivity index (χ4v) is 5.10. The van der Waals surface area contributed by atoms with Crippen molar-refractivity contribution >= 4 is 60.6 Å². The van der Waals surface area contributed by atoms with Gasteiger partial charge in [0.15, 0.2) is 5.13 Å². The van der Waals surface area contributed by atoms with Crippen molar-refractivity contribution in [3.63, 3.8) is 0 Å². The van der Waals surface area contributed by atoms with Crippen LogP contribution in [-0.4, -0.2) is 51.7 Å². The predicted molar refractivity (Wildman–Crippen MR) is 128 cm³/mol. The van der Waals surface area contributed by atoms with Gasteiger partial charge in [-0.3, -0.25) is 10.1 Å². The third-order valence-electron chi connectivity index (χ3n) is 5.64. The molecule has 4 rings (SSSR count). The summed E-state index contributed by atoms with van der Waals surface area (Å²) in [5, 5.41) is 15.4. The number of urea groups is 1. The van der Waals surface area contributed by atoms with Crippen molar-refractivity contribution < 1.29 is 14.7 Å². The van der Waals surface area contributed by atoms with Crippen LogP contribution < -0.4 is 15.5 Å². The van der Waals surface area contributed by atoms with E-state index in [9.17, 15) is 14.7 Å². The van der Waals surface area contributed by atoms with Crippen LogP contribution in [0.25, 0.3) is 21.3 Å². The van der Waals surface area contributed by atoms with Crippen molar-refractivity contribution in [2.75, 3.05) is 29.9 Å². The smallest absolute Gasteiger partial charge is 0.321 e. The SMILES string of the molecule is CCNC(=O)Nc1nc2cc(-c3cnc(N4CCC(C)(C(=O)O)CC4)nc3)cc(Br)c2s1. The van der Waals surface area contributed by atoms with E-state index < -0.39 is 11.4 Å². The van der Waals surface area contributed by atoms with Crippen LogP contribution in [0.3, 0.4) is 0 Å². The lowest BCUT2D eigenvalue weighted by molar-refractivity contribution is -0.149. The number of fused-ring (bicyclic) bond motifs is 1. The summed E-state index contributed by atoms with van der Waals surface area (Å²) >= 11 is 5.00. The number of nitrogens with one attached hydrogen (secondary N) is 2. The molecule has 2 aromatic heterocycles. The van der Waals surface area contributed by atoms with E-state index >= 15 is 0 Å². The third-order valence-corrected chi connectivity index (χ3v) is 7.55. The Morgan fingerprint density at radius 1 is 1.22 bits per heavy atom. The molecule has 1 aromatic carbocycles. The minimum Gasteiger partial charge on any atom is -0.481 e. The van der Waals surface area contributed by atoms with E-state index in [-0.39, 0.29) is 6.03 Å². The Labute approximate surface area is 197 Å². The van der Waals surface area contributed by atoms with Gasteiger partial charge in [-0.1, -0.05) is 11.3 Å². The van der Waals surface area contributed by atoms with E-state index in [0.717, 1.165) is 25.8 Å². The van der Waals surface area contributed by atoms with E-state index in [0.29, 0.717) is 43.6 Å². The Balaban J connectivity index is 1.52. The van der Waals surface area contributed by atoms with Gasteiger partial charge in [-0.15, -0.1) is 0 Å². The van der Waals surface area contributed by atoms with Gasteiger partial charge in [-0.2, -0.15) is 0 Å². The molecule has 32 heavy (non-hydrogen) atoms. The molecule has 0 unspecified atom stereocenters. The van der Waals surface area contributed by atoms with Crippen molar-refractivity contribution in [2.24, 2.45) is 5.41 Å². The van der Waals surface area contributed by atoms with Gasteiger partial charge in [0, 0.05) is 42.1 Å². The van der Waals surface area contributed by atoms with E-state index in [4.69, 9.17) is 0 Å². The van der Waals surface area contributed by atoms with Gasteiger partial charge in [0.05, 0.1) is 15.6 Å². The molecule has 3 heterocycles. The molecule has 1 saturated heterocycles. The predicted octanol–water partition coefficient (Wildman–Crippen LogP) is 4.35. The highest BCUT2D eigenvalue weighted by Gasteiger charge is 2.37. The molecule has 3 N–H and O–H groups in total. The number of aromatic nitrogens is 3. The van der Waals surface area contributed by atoms with Gasteiger partial charge in [0.2, 0.25) is 5.95 Å². The highest BCUT2D eigenvalue weighted by atomic mass is 79.9. The summed E-state index contributed by atoms with van der Waals surface area (Å²) in [5.74, 6) is -0.149. The quantitative estimate of drug-likeness (QED) is 0.459. The standard InChI is InChI=1S/C21H23BrN6O3S/c1-3-23-19(31)27-20-26-15-9-12(8-14(22)16(15)32-20)13-10-24-18(25-11-13)28-6-4-21(2,5-7-28)17(29)30/h8-11H,3-7H2,1-2H3,(H,29,30)(H2,23,26,27,31). The second-order valence-corrected chi connectivity index (χ2v) is 9.79. The molecular formula is C21H23BrN6O3S. The molecule has 1 aliphatic rings. The number of hydrogen-bond acceptors (Lipinski definition) is 7. The Bertz CT molecular complexity index is 1160. The lowest BCUT2D eigenvalue weighted by atomic mass is 9.80. The summed E-state index contributed by atoms with van der Waals surface area (Å²) in [6.45, 7) is 5.41. The molecule has 0 bridgehead atoms. The largest absolute Gasteiger partial charge is 0.481 e. The zero-order valence-electron chi connectivity index (χ0n) is 17.7. The number of carbonyl (C=O) groups excluding carboxylic acids is 1. The first-order valence-electron chi connectivity index (χ1n) is 10.2. The number of hydrogen-bond donors (Lipinski definition) is 3. The molecular weight excluding hydrogens is 496 g/mol. The fraction of sp³-hybridized carbons (Fsp3) is 0.381. The summed E-state index contributed by atoms with van der Waals surface area (Å²) in [6, 6.07) is 3.64. The van der Waals surface area contributed by atoms with Crippen molar-refractivity contribution in [1.29, 1.82) is 0 Å². The molecule has 0 radical (unpaired) electrons. The summed E-state index contributed by atoms with van der Waals surface area (Å²) in [6.07, 6.45) is 4.66. The van der Waals surface area contributed by atoms with E-state index in [1.807, 2.05) is 24.0 Å². The highest BCUT2D eigenvalue weighted by Crippen LogP contribution is 2.36. The van der Waals surface area contributed by atoms with Gasteiger partial charge in [-0.05, 0) is 60.3 Å². The van der Waals surface area contributed by atoms with Gasteiger partial charge in [0.25, 0.3) is 0 Å². The van der Waals surface area contributed by atoms with E-state index in [1.54, 1.807) is 19.3 Å². The summed E-state index contributed by atoms with van der Waals surface area (Å²) in [7, 11) is 0. The molecule has 11 heteroatoms. The number of benzene rings is 1. The average Bonchev–Trinajstić information content (AvgIpc) is 3.17. The lowest BCUT2D eigenvalue weighted by Crippen LogP contribution is -2.43. The number of piperidine rings is 1. The molecule has 1 aliphatic heterocycles. The molecule has 0 saturated carbocycles. The molecule has 168 valence electrons. The fourth-order valence-electron chi connectivity index (χ4n) is 3.56. The topological polar surface area (TPSA) is 120 Å². The van der Waals surface area contributed by atoms with E-state index in [2.05, 4.69) is 41.5 Å². The van der Waals surface area contributed by atoms with Crippen molar-refractivity contribution in [3.8, 4) is 11.1 Å². The van der Waals surface area contributed by atoms with Crippen molar-refractivity contribution in [1.82, 2.24) is 20.3 Å². The Morgan fingerprint density at radius 2 is 1.91 bits per heavy atom. The molecule has 0 spiro atoms. The van der Waals surface area contributed by atoms with Crippen LogP contribution in [0.5, 0.6) is 0 Å². The van der Waals surface area contributed by atoms with Gasteiger partial charge in [0.1, 0.15) is 0 Å². The van der Waals surface area contributed by atoms with Gasteiger partial charge in [-0.25, -0.2) is 19.7 Å². The molecule has 0 atom stereocenters. The van der Waals surface area contributed by atoms with Crippen molar-refractivity contribution in [3.05, 3.63) is 29.0 Å². The second kappa shape index (κ2) is 8.99. The van der Waals surface area contributed by atoms with Crippen LogP contribution in [0.15, 0.2) is 29.0 Å². The maximum atomic E-state index is 11.8. The highest BCUT2D eigenvalue weighted by molar-refractivity contribution is 9.10. The number of thiazole rings is 1. The lowest BCUT2D eigenvalue weighted by Gasteiger charge is -2.36. The number of carboxylic acid groups (broad SMARTS) is 1. The summed E-state index contributed by atoms with van der Waals surface area (Å²) in [4.78, 5) is 38.8. The monoisotopic (exact) mass is 518 g/mol. The van der Waals surface area contributed by atoms with Gasteiger partial charge < -0.3 is 15.3 Å². The minimum absolute atomic E-state index is 0.284. The number of aliphatic carboxylic acids is 1. The number of nitrogens with zero attached hydrogens (tertiary/aromatic N) is 4. The average molecular weight is 519 g/mol.